The van der Waals surface area contributed by atoms with Crippen LogP contribution in [0.5, 0.6) is 0 Å². The van der Waals surface area contributed by atoms with Gasteiger partial charge in [-0.25, -0.2) is 9.36 Å². The molecule has 2 N–H and O–H groups in total. The third kappa shape index (κ3) is 4.46. The number of nitrogens with two attached hydrogens (primary N) is 1. The van der Waals surface area contributed by atoms with Crippen LogP contribution in [-0.4, -0.2) is 42.8 Å². The lowest BCUT2D eigenvalue weighted by Gasteiger charge is -2.31. The van der Waals surface area contributed by atoms with Crippen LogP contribution in [0.3, 0.4) is 0 Å². The van der Waals surface area contributed by atoms with Crippen molar-refractivity contribution in [2.75, 3.05) is 18.0 Å². The molecular formula is C31H31N7O2. The standard InChI is InChI=1S/C31H31N7O2/c1-3-4-17-36-27-28(34-30(36)35-16-10-12-23(32)19-35)38(24-13-6-5-7-14-24)31(40)37(29(27)39)20-26-25-15-9-8-11-22(25)18-21(2)33-26/h5-9,11,13-15,18,23H,10,12,16-17,19-20,32H2,1-2H3. The zero-order valence-corrected chi connectivity index (χ0v) is 22.7. The van der Waals surface area contributed by atoms with E-state index >= 15 is 0 Å². The summed E-state index contributed by atoms with van der Waals surface area (Å²) in [6.07, 6.45) is 1.86. The van der Waals surface area contributed by atoms with E-state index in [1.165, 1.54) is 9.13 Å². The van der Waals surface area contributed by atoms with Crippen molar-refractivity contribution in [3.63, 3.8) is 0 Å². The maximum atomic E-state index is 14.3. The van der Waals surface area contributed by atoms with Crippen LogP contribution in [0.25, 0.3) is 27.6 Å². The SMILES string of the molecule is CC#CCn1c(N2CCCC(N)C2)nc2c1c(=O)n(Cc1nc(C)cc3ccccc13)c(=O)n2-c1ccccc1. The van der Waals surface area contributed by atoms with Crippen LogP contribution in [0, 0.1) is 18.8 Å². The Balaban J connectivity index is 1.66. The van der Waals surface area contributed by atoms with Gasteiger partial charge in [0.05, 0.1) is 24.5 Å². The second-order valence-electron chi connectivity index (χ2n) is 10.2. The number of hydrogen-bond donors (Lipinski definition) is 1. The summed E-state index contributed by atoms with van der Waals surface area (Å²) >= 11 is 0. The summed E-state index contributed by atoms with van der Waals surface area (Å²) in [5.41, 5.74) is 8.18. The lowest BCUT2D eigenvalue weighted by atomic mass is 10.1. The maximum Gasteiger partial charge on any atom is 0.337 e. The largest absolute Gasteiger partial charge is 0.341 e. The van der Waals surface area contributed by atoms with Gasteiger partial charge in [-0.2, -0.15) is 4.98 Å². The summed E-state index contributed by atoms with van der Waals surface area (Å²) in [6.45, 7) is 5.35. The topological polar surface area (TPSA) is 104 Å². The first kappa shape index (κ1) is 25.6. The molecule has 5 aromatic rings. The van der Waals surface area contributed by atoms with Gasteiger partial charge in [0.25, 0.3) is 5.56 Å². The molecule has 9 nitrogen and oxygen atoms in total. The highest BCUT2D eigenvalue weighted by molar-refractivity contribution is 5.85. The number of aryl methyl sites for hydroxylation is 1. The fraction of sp³-hybridized carbons (Fsp3) is 0.290. The van der Waals surface area contributed by atoms with Gasteiger partial charge in [0.2, 0.25) is 5.95 Å². The van der Waals surface area contributed by atoms with Gasteiger partial charge in [-0.15, -0.1) is 5.92 Å². The Hall–Kier alpha value is -4.68. The van der Waals surface area contributed by atoms with Gasteiger partial charge in [-0.3, -0.25) is 18.9 Å². The Labute approximate surface area is 231 Å². The molecule has 0 saturated carbocycles. The van der Waals surface area contributed by atoms with Crippen molar-refractivity contribution < 1.29 is 0 Å². The molecule has 9 heteroatoms. The van der Waals surface area contributed by atoms with Gasteiger partial charge in [0.15, 0.2) is 11.2 Å². The molecule has 0 aliphatic carbocycles. The smallest absolute Gasteiger partial charge is 0.337 e. The number of nitrogens with zero attached hydrogens (tertiary/aromatic N) is 6. The zero-order chi connectivity index (χ0) is 27.8. The van der Waals surface area contributed by atoms with Crippen molar-refractivity contribution in [3.05, 3.63) is 92.9 Å². The summed E-state index contributed by atoms with van der Waals surface area (Å²) in [5.74, 6) is 6.64. The molecule has 4 heterocycles. The maximum absolute atomic E-state index is 14.3. The molecule has 1 aliphatic heterocycles. The quantitative estimate of drug-likeness (QED) is 0.348. The number of para-hydroxylation sites is 1. The molecule has 0 spiro atoms. The van der Waals surface area contributed by atoms with E-state index < -0.39 is 11.2 Å². The molecule has 1 unspecified atom stereocenters. The highest BCUT2D eigenvalue weighted by Gasteiger charge is 2.27. The van der Waals surface area contributed by atoms with E-state index in [1.54, 1.807) is 6.92 Å². The highest BCUT2D eigenvalue weighted by Crippen LogP contribution is 2.25. The minimum atomic E-state index is -0.468. The summed E-state index contributed by atoms with van der Waals surface area (Å²) in [5, 5.41) is 1.91. The number of pyridine rings is 1. The number of anilines is 1. The summed E-state index contributed by atoms with van der Waals surface area (Å²) in [7, 11) is 0. The summed E-state index contributed by atoms with van der Waals surface area (Å²) < 4.78 is 4.63. The van der Waals surface area contributed by atoms with E-state index in [0.717, 1.165) is 35.9 Å². The molecule has 40 heavy (non-hydrogen) atoms. The van der Waals surface area contributed by atoms with Crippen molar-refractivity contribution in [1.82, 2.24) is 23.7 Å². The lowest BCUT2D eigenvalue weighted by Crippen LogP contribution is -2.44. The predicted molar refractivity (Wildman–Crippen MR) is 158 cm³/mol. The predicted octanol–water partition coefficient (Wildman–Crippen LogP) is 3.20. The van der Waals surface area contributed by atoms with Crippen molar-refractivity contribution in [3.8, 4) is 17.5 Å². The average molecular weight is 534 g/mol. The minimum Gasteiger partial charge on any atom is -0.341 e. The van der Waals surface area contributed by atoms with E-state index in [2.05, 4.69) is 16.7 Å². The number of rotatable bonds is 5. The first-order chi connectivity index (χ1) is 19.5. The van der Waals surface area contributed by atoms with Crippen LogP contribution in [0.1, 0.15) is 31.2 Å². The van der Waals surface area contributed by atoms with Crippen LogP contribution < -0.4 is 21.9 Å². The van der Waals surface area contributed by atoms with Gasteiger partial charge >= 0.3 is 5.69 Å². The van der Waals surface area contributed by atoms with Crippen molar-refractivity contribution in [1.29, 1.82) is 0 Å². The Morgan fingerprint density at radius 2 is 1.80 bits per heavy atom. The van der Waals surface area contributed by atoms with Crippen LogP contribution in [0.2, 0.25) is 0 Å². The Morgan fingerprint density at radius 3 is 2.58 bits per heavy atom. The van der Waals surface area contributed by atoms with E-state index in [0.29, 0.717) is 35.0 Å². The van der Waals surface area contributed by atoms with Gasteiger partial charge in [-0.05, 0) is 50.3 Å². The normalized spacial score (nSPS) is 15.4. The van der Waals surface area contributed by atoms with E-state index in [4.69, 9.17) is 15.7 Å². The second-order valence-corrected chi connectivity index (χ2v) is 10.2. The fourth-order valence-corrected chi connectivity index (χ4v) is 5.60. The number of piperidine rings is 1. The number of benzene rings is 2. The molecule has 0 radical (unpaired) electrons. The zero-order valence-electron chi connectivity index (χ0n) is 22.7. The fourth-order valence-electron chi connectivity index (χ4n) is 5.60. The van der Waals surface area contributed by atoms with Crippen molar-refractivity contribution >= 4 is 27.9 Å². The molecule has 2 aromatic carbocycles. The molecule has 1 saturated heterocycles. The van der Waals surface area contributed by atoms with Gasteiger partial charge < -0.3 is 10.6 Å². The number of hydrogen-bond acceptors (Lipinski definition) is 6. The van der Waals surface area contributed by atoms with Gasteiger partial charge in [-0.1, -0.05) is 48.4 Å². The number of fused-ring (bicyclic) bond motifs is 2. The van der Waals surface area contributed by atoms with Gasteiger partial charge in [0.1, 0.15) is 0 Å². The molecule has 3 aromatic heterocycles. The van der Waals surface area contributed by atoms with E-state index in [9.17, 15) is 9.59 Å². The van der Waals surface area contributed by atoms with Crippen molar-refractivity contribution in [2.24, 2.45) is 5.73 Å². The first-order valence-electron chi connectivity index (χ1n) is 13.5. The Morgan fingerprint density at radius 1 is 1.02 bits per heavy atom. The first-order valence-corrected chi connectivity index (χ1v) is 13.5. The molecule has 1 atom stereocenters. The minimum absolute atomic E-state index is 0.00733. The highest BCUT2D eigenvalue weighted by atomic mass is 16.2. The summed E-state index contributed by atoms with van der Waals surface area (Å²) in [6, 6.07) is 19.2. The van der Waals surface area contributed by atoms with Crippen LogP contribution >= 0.6 is 0 Å². The molecule has 0 bridgehead atoms. The van der Waals surface area contributed by atoms with Crippen LogP contribution in [0.15, 0.2) is 70.3 Å². The molecule has 1 aliphatic rings. The van der Waals surface area contributed by atoms with Gasteiger partial charge in [0, 0.05) is 30.2 Å². The monoisotopic (exact) mass is 533 g/mol. The number of aromatic nitrogens is 5. The summed E-state index contributed by atoms with van der Waals surface area (Å²) in [4.78, 5) is 40.2. The number of imidazole rings is 1. The van der Waals surface area contributed by atoms with E-state index in [-0.39, 0.29) is 19.1 Å². The third-order valence-electron chi connectivity index (χ3n) is 7.44. The van der Waals surface area contributed by atoms with Crippen LogP contribution in [0.4, 0.5) is 5.95 Å². The Kier molecular flexibility index (Phi) is 6.70. The second kappa shape index (κ2) is 10.5. The average Bonchev–Trinajstić information content (AvgIpc) is 3.33. The molecule has 1 fully saturated rings. The molecule has 202 valence electrons. The lowest BCUT2D eigenvalue weighted by molar-refractivity contribution is 0.496. The van der Waals surface area contributed by atoms with Crippen LogP contribution in [-0.2, 0) is 13.1 Å². The van der Waals surface area contributed by atoms with E-state index in [1.807, 2.05) is 72.2 Å². The van der Waals surface area contributed by atoms with Crippen molar-refractivity contribution in [2.45, 2.75) is 45.8 Å². The molecule has 0 amide bonds. The molecular weight excluding hydrogens is 502 g/mol. The molecule has 6 rings (SSSR count). The Bertz CT molecular complexity index is 1910. The third-order valence-corrected chi connectivity index (χ3v) is 7.44.